The van der Waals surface area contributed by atoms with E-state index in [1.165, 1.54) is 18.6 Å². The van der Waals surface area contributed by atoms with Gasteiger partial charge in [0.15, 0.2) is 0 Å². The molecule has 0 saturated heterocycles. The van der Waals surface area contributed by atoms with E-state index >= 15 is 0 Å². The van der Waals surface area contributed by atoms with Gasteiger partial charge in [-0.1, -0.05) is 35.2 Å². The SMILES string of the molecule is O=C(NC1(CBr)CCCCC1)c1cc(F)ccc1Br. The van der Waals surface area contributed by atoms with Gasteiger partial charge in [0.1, 0.15) is 5.82 Å². The molecule has 0 spiro atoms. The van der Waals surface area contributed by atoms with E-state index < -0.39 is 5.82 Å². The first-order valence-corrected chi connectivity index (χ1v) is 8.31. The van der Waals surface area contributed by atoms with Gasteiger partial charge in [0.25, 0.3) is 5.91 Å². The van der Waals surface area contributed by atoms with E-state index in [0.717, 1.165) is 31.0 Å². The summed E-state index contributed by atoms with van der Waals surface area (Å²) in [6, 6.07) is 4.16. The molecule has 0 heterocycles. The van der Waals surface area contributed by atoms with Gasteiger partial charge in [-0.15, -0.1) is 0 Å². The smallest absolute Gasteiger partial charge is 0.252 e. The first-order valence-electron chi connectivity index (χ1n) is 6.40. The van der Waals surface area contributed by atoms with Crippen molar-refractivity contribution in [2.75, 3.05) is 5.33 Å². The summed E-state index contributed by atoms with van der Waals surface area (Å²) in [7, 11) is 0. The van der Waals surface area contributed by atoms with Gasteiger partial charge in [-0.25, -0.2) is 4.39 Å². The largest absolute Gasteiger partial charge is 0.346 e. The molecule has 2 rings (SSSR count). The van der Waals surface area contributed by atoms with E-state index in [-0.39, 0.29) is 11.4 Å². The van der Waals surface area contributed by atoms with Crippen molar-refractivity contribution < 1.29 is 9.18 Å². The second-order valence-electron chi connectivity index (χ2n) is 5.05. The van der Waals surface area contributed by atoms with Crippen LogP contribution in [-0.4, -0.2) is 16.8 Å². The third-order valence-electron chi connectivity index (χ3n) is 3.62. The van der Waals surface area contributed by atoms with Crippen LogP contribution in [0.25, 0.3) is 0 Å². The minimum Gasteiger partial charge on any atom is -0.346 e. The molecule has 1 amide bonds. The second kappa shape index (κ2) is 6.35. The Bertz CT molecular complexity index is 473. The third-order valence-corrected chi connectivity index (χ3v) is 5.38. The van der Waals surface area contributed by atoms with E-state index in [2.05, 4.69) is 37.2 Å². The van der Waals surface area contributed by atoms with Crippen LogP contribution < -0.4 is 5.32 Å². The number of halogens is 3. The van der Waals surface area contributed by atoms with Gasteiger partial charge in [-0.2, -0.15) is 0 Å². The summed E-state index contributed by atoms with van der Waals surface area (Å²) >= 11 is 6.80. The van der Waals surface area contributed by atoms with Crippen molar-refractivity contribution in [2.45, 2.75) is 37.6 Å². The fraction of sp³-hybridized carbons (Fsp3) is 0.500. The Labute approximate surface area is 129 Å². The highest BCUT2D eigenvalue weighted by Gasteiger charge is 2.33. The molecule has 0 aliphatic heterocycles. The summed E-state index contributed by atoms with van der Waals surface area (Å²) in [6.45, 7) is 0. The van der Waals surface area contributed by atoms with E-state index in [1.807, 2.05) is 0 Å². The van der Waals surface area contributed by atoms with Crippen molar-refractivity contribution in [1.82, 2.24) is 5.32 Å². The molecule has 5 heteroatoms. The summed E-state index contributed by atoms with van der Waals surface area (Å²) in [5, 5.41) is 3.82. The number of benzene rings is 1. The molecule has 0 unspecified atom stereocenters. The fourth-order valence-corrected chi connectivity index (χ4v) is 3.63. The van der Waals surface area contributed by atoms with Crippen LogP contribution in [0.15, 0.2) is 22.7 Å². The molecule has 0 aromatic heterocycles. The van der Waals surface area contributed by atoms with E-state index in [4.69, 9.17) is 0 Å². The lowest BCUT2D eigenvalue weighted by atomic mass is 9.83. The molecule has 1 aromatic carbocycles. The molecule has 0 bridgehead atoms. The van der Waals surface area contributed by atoms with Crippen LogP contribution in [0.2, 0.25) is 0 Å². The molecule has 1 fully saturated rings. The van der Waals surface area contributed by atoms with Crippen molar-refractivity contribution in [1.29, 1.82) is 0 Å². The molecule has 19 heavy (non-hydrogen) atoms. The van der Waals surface area contributed by atoms with Gasteiger partial charge in [-0.05, 0) is 47.0 Å². The van der Waals surface area contributed by atoms with Gasteiger partial charge < -0.3 is 5.32 Å². The number of carbonyl (C=O) groups is 1. The molecule has 1 aliphatic carbocycles. The summed E-state index contributed by atoms with van der Waals surface area (Å²) < 4.78 is 13.9. The van der Waals surface area contributed by atoms with Crippen molar-refractivity contribution >= 4 is 37.8 Å². The van der Waals surface area contributed by atoms with Crippen LogP contribution in [0.3, 0.4) is 0 Å². The molecular weight excluding hydrogens is 377 g/mol. The molecule has 0 atom stereocenters. The lowest BCUT2D eigenvalue weighted by molar-refractivity contribution is 0.0885. The lowest BCUT2D eigenvalue weighted by Crippen LogP contribution is -2.51. The average Bonchev–Trinajstić information content (AvgIpc) is 2.42. The average molecular weight is 393 g/mol. The number of carbonyl (C=O) groups excluding carboxylic acids is 1. The number of nitrogens with one attached hydrogen (secondary N) is 1. The Hall–Kier alpha value is -0.420. The van der Waals surface area contributed by atoms with Crippen LogP contribution >= 0.6 is 31.9 Å². The Balaban J connectivity index is 2.17. The number of rotatable bonds is 3. The van der Waals surface area contributed by atoms with Crippen LogP contribution in [0.1, 0.15) is 42.5 Å². The number of alkyl halides is 1. The molecule has 0 radical (unpaired) electrons. The van der Waals surface area contributed by atoms with Gasteiger partial charge >= 0.3 is 0 Å². The topological polar surface area (TPSA) is 29.1 Å². The third kappa shape index (κ3) is 3.57. The number of amides is 1. The quantitative estimate of drug-likeness (QED) is 0.758. The summed E-state index contributed by atoms with van der Waals surface area (Å²) in [4.78, 5) is 12.3. The Kier molecular flexibility index (Phi) is 5.01. The summed E-state index contributed by atoms with van der Waals surface area (Å²) in [6.07, 6.45) is 5.40. The number of hydrogen-bond donors (Lipinski definition) is 1. The zero-order valence-corrected chi connectivity index (χ0v) is 13.7. The second-order valence-corrected chi connectivity index (χ2v) is 6.47. The predicted molar refractivity (Wildman–Crippen MR) is 81.2 cm³/mol. The Morgan fingerprint density at radius 2 is 2.00 bits per heavy atom. The summed E-state index contributed by atoms with van der Waals surface area (Å²) in [5.74, 6) is -0.613. The highest BCUT2D eigenvalue weighted by molar-refractivity contribution is 9.10. The van der Waals surface area contributed by atoms with Gasteiger partial charge in [0.05, 0.1) is 11.1 Å². The molecule has 2 nitrogen and oxygen atoms in total. The molecule has 1 aliphatic rings. The maximum atomic E-state index is 13.3. The van der Waals surface area contributed by atoms with E-state index in [1.54, 1.807) is 6.07 Å². The van der Waals surface area contributed by atoms with E-state index in [0.29, 0.717) is 10.0 Å². The number of hydrogen-bond acceptors (Lipinski definition) is 1. The standard InChI is InChI=1S/C14H16Br2FNO/c15-9-14(6-2-1-3-7-14)18-13(19)11-8-10(17)4-5-12(11)16/h4-5,8H,1-3,6-7,9H2,(H,18,19). The first kappa shape index (κ1) is 15.0. The monoisotopic (exact) mass is 391 g/mol. The maximum Gasteiger partial charge on any atom is 0.252 e. The van der Waals surface area contributed by atoms with Gasteiger partial charge in [0, 0.05) is 9.80 Å². The summed E-state index contributed by atoms with van der Waals surface area (Å²) in [5.41, 5.74) is 0.159. The van der Waals surface area contributed by atoms with Crippen molar-refractivity contribution in [2.24, 2.45) is 0 Å². The predicted octanol–water partition coefficient (Wildman–Crippen LogP) is 4.42. The van der Waals surface area contributed by atoms with Crippen LogP contribution in [0.4, 0.5) is 4.39 Å². The van der Waals surface area contributed by atoms with Gasteiger partial charge in [-0.3, -0.25) is 4.79 Å². The molecular formula is C14H16Br2FNO. The molecule has 1 aromatic rings. The fourth-order valence-electron chi connectivity index (χ4n) is 2.50. The van der Waals surface area contributed by atoms with E-state index in [9.17, 15) is 9.18 Å². The van der Waals surface area contributed by atoms with Crippen LogP contribution in [-0.2, 0) is 0 Å². The highest BCUT2D eigenvalue weighted by Crippen LogP contribution is 2.30. The van der Waals surface area contributed by atoms with Crippen molar-refractivity contribution in [3.8, 4) is 0 Å². The van der Waals surface area contributed by atoms with Gasteiger partial charge in [0.2, 0.25) is 0 Å². The van der Waals surface area contributed by atoms with Crippen molar-refractivity contribution in [3.05, 3.63) is 34.1 Å². The van der Waals surface area contributed by atoms with Crippen LogP contribution in [0, 0.1) is 5.82 Å². The Morgan fingerprint density at radius 1 is 1.32 bits per heavy atom. The molecule has 104 valence electrons. The normalized spacial score (nSPS) is 18.1. The molecule has 1 saturated carbocycles. The minimum absolute atomic E-state index is 0.193. The minimum atomic E-state index is -0.398. The maximum absolute atomic E-state index is 13.3. The van der Waals surface area contributed by atoms with Crippen LogP contribution in [0.5, 0.6) is 0 Å². The van der Waals surface area contributed by atoms with Crippen molar-refractivity contribution in [3.63, 3.8) is 0 Å². The molecule has 1 N–H and O–H groups in total. The highest BCUT2D eigenvalue weighted by atomic mass is 79.9. The Morgan fingerprint density at radius 3 is 2.63 bits per heavy atom. The zero-order valence-electron chi connectivity index (χ0n) is 10.5. The zero-order chi connectivity index (χ0) is 13.9. The first-order chi connectivity index (χ1) is 9.06. The lowest BCUT2D eigenvalue weighted by Gasteiger charge is -2.36.